The van der Waals surface area contributed by atoms with Gasteiger partial charge in [-0.1, -0.05) is 13.8 Å². The molecule has 0 saturated heterocycles. The quantitative estimate of drug-likeness (QED) is 0.752. The van der Waals surface area contributed by atoms with Crippen molar-refractivity contribution in [2.24, 2.45) is 5.92 Å². The van der Waals surface area contributed by atoms with Crippen molar-refractivity contribution in [3.05, 3.63) is 22.3 Å². The molecule has 1 aromatic rings. The van der Waals surface area contributed by atoms with Gasteiger partial charge in [-0.25, -0.2) is 4.98 Å². The number of pyridine rings is 1. The van der Waals surface area contributed by atoms with Crippen LogP contribution < -0.4 is 4.74 Å². The molecule has 0 radical (unpaired) electrons. The average Bonchev–Trinajstić information content (AvgIpc) is 2.19. The molecule has 0 aliphatic heterocycles. The number of hydrogen-bond donors (Lipinski definition) is 0. The minimum atomic E-state index is 0.163. The molecular formula is C12H17BrClNO. The highest BCUT2D eigenvalue weighted by molar-refractivity contribution is 9.10. The van der Waals surface area contributed by atoms with E-state index in [1.165, 1.54) is 0 Å². The van der Waals surface area contributed by atoms with Crippen LogP contribution in [0.3, 0.4) is 0 Å². The van der Waals surface area contributed by atoms with E-state index in [2.05, 4.69) is 41.7 Å². The van der Waals surface area contributed by atoms with Crippen molar-refractivity contribution < 1.29 is 4.74 Å². The van der Waals surface area contributed by atoms with Crippen LogP contribution >= 0.6 is 27.5 Å². The fourth-order valence-electron chi connectivity index (χ4n) is 1.57. The van der Waals surface area contributed by atoms with Gasteiger partial charge >= 0.3 is 0 Å². The van der Waals surface area contributed by atoms with Crippen molar-refractivity contribution >= 4 is 27.5 Å². The van der Waals surface area contributed by atoms with Gasteiger partial charge in [0, 0.05) is 16.2 Å². The van der Waals surface area contributed by atoms with Crippen molar-refractivity contribution in [2.75, 3.05) is 0 Å². The molecule has 0 aromatic carbocycles. The van der Waals surface area contributed by atoms with Gasteiger partial charge in [0.15, 0.2) is 0 Å². The molecule has 0 aliphatic carbocycles. The van der Waals surface area contributed by atoms with Crippen molar-refractivity contribution in [3.8, 4) is 5.88 Å². The lowest BCUT2D eigenvalue weighted by Crippen LogP contribution is -2.16. The predicted octanol–water partition coefficient (Wildman–Crippen LogP) is 4.40. The second-order valence-corrected chi connectivity index (χ2v) is 5.49. The molecule has 2 nitrogen and oxygen atoms in total. The molecule has 16 heavy (non-hydrogen) atoms. The fraction of sp³-hybridized carbons (Fsp3) is 0.583. The molecule has 0 amide bonds. The van der Waals surface area contributed by atoms with Crippen LogP contribution in [0.4, 0.5) is 0 Å². The summed E-state index contributed by atoms with van der Waals surface area (Å²) >= 11 is 9.22. The van der Waals surface area contributed by atoms with E-state index >= 15 is 0 Å². The fourth-order valence-corrected chi connectivity index (χ4v) is 2.14. The minimum absolute atomic E-state index is 0.163. The Hall–Kier alpha value is -0.280. The molecule has 1 aromatic heterocycles. The van der Waals surface area contributed by atoms with Gasteiger partial charge in [-0.15, -0.1) is 11.6 Å². The van der Waals surface area contributed by atoms with E-state index in [0.29, 0.717) is 17.7 Å². The van der Waals surface area contributed by atoms with Crippen LogP contribution in [-0.4, -0.2) is 11.1 Å². The molecule has 0 aliphatic rings. The summed E-state index contributed by atoms with van der Waals surface area (Å²) in [5.41, 5.74) is 0.923. The molecule has 1 rings (SSSR count). The predicted molar refractivity (Wildman–Crippen MR) is 71.0 cm³/mol. The first-order chi connectivity index (χ1) is 7.52. The lowest BCUT2D eigenvalue weighted by atomic mass is 10.1. The number of ether oxygens (including phenoxy) is 1. The Kier molecular flexibility index (Phi) is 5.56. The van der Waals surface area contributed by atoms with E-state index in [1.54, 1.807) is 6.20 Å². The Morgan fingerprint density at radius 1 is 1.44 bits per heavy atom. The molecule has 4 heteroatoms. The second kappa shape index (κ2) is 6.45. The maximum Gasteiger partial charge on any atom is 0.218 e. The van der Waals surface area contributed by atoms with Crippen molar-refractivity contribution in [1.29, 1.82) is 0 Å². The third-order valence-corrected chi connectivity index (χ3v) is 2.87. The highest BCUT2D eigenvalue weighted by Crippen LogP contribution is 2.23. The molecule has 1 unspecified atom stereocenters. The van der Waals surface area contributed by atoms with Gasteiger partial charge in [-0.3, -0.25) is 0 Å². The normalized spacial score (nSPS) is 12.9. The van der Waals surface area contributed by atoms with Crippen LogP contribution in [0.15, 0.2) is 16.7 Å². The molecule has 0 bridgehead atoms. The number of hydrogen-bond acceptors (Lipinski definition) is 2. The van der Waals surface area contributed by atoms with Crippen LogP contribution in [0, 0.1) is 5.92 Å². The van der Waals surface area contributed by atoms with Gasteiger partial charge in [0.05, 0.1) is 12.0 Å². The summed E-state index contributed by atoms with van der Waals surface area (Å²) in [5, 5.41) is 0. The minimum Gasteiger partial charge on any atom is -0.474 e. The summed E-state index contributed by atoms with van der Waals surface area (Å²) < 4.78 is 6.71. The molecule has 0 saturated carbocycles. The summed E-state index contributed by atoms with van der Waals surface area (Å²) in [6.45, 7) is 6.41. The molecule has 1 heterocycles. The summed E-state index contributed by atoms with van der Waals surface area (Å²) in [7, 11) is 0. The topological polar surface area (TPSA) is 22.1 Å². The van der Waals surface area contributed by atoms with E-state index in [1.807, 2.05) is 6.07 Å². The first kappa shape index (κ1) is 13.8. The Morgan fingerprint density at radius 2 is 2.12 bits per heavy atom. The summed E-state index contributed by atoms with van der Waals surface area (Å²) in [4.78, 5) is 4.24. The van der Waals surface area contributed by atoms with Crippen LogP contribution in [-0.2, 0) is 5.88 Å². The Morgan fingerprint density at radius 3 is 2.69 bits per heavy atom. The average molecular weight is 307 g/mol. The van der Waals surface area contributed by atoms with Gasteiger partial charge in [-0.05, 0) is 41.3 Å². The van der Waals surface area contributed by atoms with Crippen molar-refractivity contribution in [3.63, 3.8) is 0 Å². The van der Waals surface area contributed by atoms with E-state index in [-0.39, 0.29) is 6.10 Å². The van der Waals surface area contributed by atoms with Gasteiger partial charge in [0.2, 0.25) is 5.88 Å². The summed E-state index contributed by atoms with van der Waals surface area (Å²) in [5.74, 6) is 1.67. The standard InChI is InChI=1S/C12H17BrClNO/c1-8(2)4-9(3)16-12-10(6-14)5-11(13)7-15-12/h5,7-9H,4,6H2,1-3H3. The highest BCUT2D eigenvalue weighted by atomic mass is 79.9. The summed E-state index contributed by atoms with van der Waals surface area (Å²) in [6.07, 6.45) is 2.91. The van der Waals surface area contributed by atoms with Crippen molar-refractivity contribution in [1.82, 2.24) is 4.98 Å². The molecular weight excluding hydrogens is 289 g/mol. The molecule has 0 fully saturated rings. The van der Waals surface area contributed by atoms with Crippen LogP contribution in [0.5, 0.6) is 5.88 Å². The molecule has 0 N–H and O–H groups in total. The Balaban J connectivity index is 2.72. The Labute approximate surface area is 110 Å². The zero-order valence-electron chi connectivity index (χ0n) is 9.84. The largest absolute Gasteiger partial charge is 0.474 e. The smallest absolute Gasteiger partial charge is 0.218 e. The van der Waals surface area contributed by atoms with Gasteiger partial charge in [-0.2, -0.15) is 0 Å². The number of alkyl halides is 1. The maximum absolute atomic E-state index is 5.85. The van der Waals surface area contributed by atoms with Crippen LogP contribution in [0.25, 0.3) is 0 Å². The van der Waals surface area contributed by atoms with E-state index in [0.717, 1.165) is 16.5 Å². The van der Waals surface area contributed by atoms with E-state index in [9.17, 15) is 0 Å². The Bertz CT molecular complexity index is 344. The second-order valence-electron chi connectivity index (χ2n) is 4.31. The number of halogens is 2. The number of nitrogens with zero attached hydrogens (tertiary/aromatic N) is 1. The lowest BCUT2D eigenvalue weighted by molar-refractivity contribution is 0.184. The number of rotatable bonds is 5. The van der Waals surface area contributed by atoms with E-state index in [4.69, 9.17) is 16.3 Å². The van der Waals surface area contributed by atoms with Gasteiger partial charge in [0.25, 0.3) is 0 Å². The van der Waals surface area contributed by atoms with Gasteiger partial charge in [0.1, 0.15) is 0 Å². The molecule has 0 spiro atoms. The van der Waals surface area contributed by atoms with Crippen LogP contribution in [0.2, 0.25) is 0 Å². The maximum atomic E-state index is 5.85. The molecule has 90 valence electrons. The first-order valence-electron chi connectivity index (χ1n) is 5.40. The zero-order valence-corrected chi connectivity index (χ0v) is 12.2. The monoisotopic (exact) mass is 305 g/mol. The number of aromatic nitrogens is 1. The highest BCUT2D eigenvalue weighted by Gasteiger charge is 2.11. The SMILES string of the molecule is CC(C)CC(C)Oc1ncc(Br)cc1CCl. The van der Waals surface area contributed by atoms with Gasteiger partial charge < -0.3 is 4.74 Å². The third-order valence-electron chi connectivity index (χ3n) is 2.15. The van der Waals surface area contributed by atoms with E-state index < -0.39 is 0 Å². The summed E-state index contributed by atoms with van der Waals surface area (Å²) in [6, 6.07) is 1.94. The first-order valence-corrected chi connectivity index (χ1v) is 6.72. The van der Waals surface area contributed by atoms with Crippen molar-refractivity contribution in [2.45, 2.75) is 39.2 Å². The lowest BCUT2D eigenvalue weighted by Gasteiger charge is -2.17. The van der Waals surface area contributed by atoms with Crippen LogP contribution in [0.1, 0.15) is 32.8 Å². The third kappa shape index (κ3) is 4.30. The zero-order chi connectivity index (χ0) is 12.1. The molecule has 1 atom stereocenters.